The summed E-state index contributed by atoms with van der Waals surface area (Å²) in [7, 11) is 0. The first-order valence-corrected chi connectivity index (χ1v) is 11.8. The smallest absolute Gasteiger partial charge is 0.371 e. The third kappa shape index (κ3) is 7.13. The fourth-order valence-electron chi connectivity index (χ4n) is 3.93. The summed E-state index contributed by atoms with van der Waals surface area (Å²) in [6.45, 7) is 4.95. The topological polar surface area (TPSA) is 144 Å². The Morgan fingerprint density at radius 2 is 1.54 bits per heavy atom. The molecule has 193 valence electrons. The van der Waals surface area contributed by atoms with Gasteiger partial charge in [0.2, 0.25) is 5.76 Å². The van der Waals surface area contributed by atoms with Crippen molar-refractivity contribution in [3.63, 3.8) is 0 Å². The number of hydrogen-bond acceptors (Lipinski definition) is 8. The molecule has 0 saturated heterocycles. The molecule has 10 heteroatoms. The molecule has 1 radical (unpaired) electrons. The molecule has 37 heavy (non-hydrogen) atoms. The van der Waals surface area contributed by atoms with Crippen LogP contribution in [0, 0.1) is 0 Å². The predicted octanol–water partition coefficient (Wildman–Crippen LogP) is 3.74. The molecule has 0 aliphatic carbocycles. The average Bonchev–Trinajstić information content (AvgIpc) is 2.83. The van der Waals surface area contributed by atoms with Gasteiger partial charge < -0.3 is 29.2 Å². The van der Waals surface area contributed by atoms with Crippen LogP contribution >= 0.6 is 0 Å². The largest absolute Gasteiger partial charge is 0.507 e. The van der Waals surface area contributed by atoms with Crippen molar-refractivity contribution in [1.82, 2.24) is 0 Å². The van der Waals surface area contributed by atoms with E-state index >= 15 is 0 Å². The van der Waals surface area contributed by atoms with Crippen molar-refractivity contribution >= 4 is 52.3 Å². The summed E-state index contributed by atoms with van der Waals surface area (Å²) >= 11 is 0. The van der Waals surface area contributed by atoms with Crippen LogP contribution in [0.3, 0.4) is 0 Å². The van der Waals surface area contributed by atoms with Gasteiger partial charge in [-0.2, -0.15) is 0 Å². The molecule has 9 nitrogen and oxygen atoms in total. The van der Waals surface area contributed by atoms with E-state index in [1.165, 1.54) is 19.1 Å². The number of fused-ring (bicyclic) bond motifs is 1. The van der Waals surface area contributed by atoms with Crippen molar-refractivity contribution in [2.45, 2.75) is 52.6 Å². The van der Waals surface area contributed by atoms with E-state index in [0.29, 0.717) is 41.9 Å². The molecule has 1 heterocycles. The summed E-state index contributed by atoms with van der Waals surface area (Å²) in [5, 5.41) is 30.5. The molecule has 3 N–H and O–H groups in total. The van der Waals surface area contributed by atoms with E-state index in [0.717, 1.165) is 12.5 Å². The number of aryl methyl sites for hydroxylation is 1. The summed E-state index contributed by atoms with van der Waals surface area (Å²) in [5.41, 5.74) is 0.941. The van der Waals surface area contributed by atoms with Crippen molar-refractivity contribution in [1.29, 1.82) is 0 Å². The van der Waals surface area contributed by atoms with Gasteiger partial charge in [-0.05, 0) is 44.0 Å². The Morgan fingerprint density at radius 3 is 2.11 bits per heavy atom. The van der Waals surface area contributed by atoms with Gasteiger partial charge in [0, 0.05) is 46.8 Å². The van der Waals surface area contributed by atoms with E-state index in [1.807, 2.05) is 13.8 Å². The van der Waals surface area contributed by atoms with E-state index in [9.17, 15) is 29.7 Å². The van der Waals surface area contributed by atoms with Gasteiger partial charge in [-0.15, -0.1) is 0 Å². The molecule has 2 aromatic carbocycles. The maximum atomic E-state index is 12.4. The van der Waals surface area contributed by atoms with Crippen molar-refractivity contribution in [2.75, 3.05) is 13.2 Å². The number of aromatic hydroxyl groups is 1. The van der Waals surface area contributed by atoms with Crippen molar-refractivity contribution in [3.05, 3.63) is 63.0 Å². The summed E-state index contributed by atoms with van der Waals surface area (Å²) in [5.74, 6) is -1.44. The van der Waals surface area contributed by atoms with Crippen LogP contribution in [0.4, 0.5) is 0 Å². The van der Waals surface area contributed by atoms with Crippen LogP contribution in [0.25, 0.3) is 11.0 Å². The molecule has 1 atom stereocenters. The third-order valence-electron chi connectivity index (χ3n) is 5.65. The third-order valence-corrected chi connectivity index (χ3v) is 5.65. The zero-order valence-electron chi connectivity index (χ0n) is 21.5. The van der Waals surface area contributed by atoms with Crippen LogP contribution < -0.4 is 14.9 Å². The minimum Gasteiger partial charge on any atom is -0.507 e. The number of phenols is 1. The molecule has 0 bridgehead atoms. The Labute approximate surface area is 236 Å². The van der Waals surface area contributed by atoms with Crippen molar-refractivity contribution in [3.8, 4) is 17.2 Å². The van der Waals surface area contributed by atoms with E-state index in [1.54, 1.807) is 12.1 Å². The molecule has 0 spiro atoms. The SMILES string of the molecule is CCCc1c(OCC(O)COc2ccc3c(=O)cc(C(=O)O)oc3c2CCC)ccc(C(C)=O)c1O.[Na]. The number of ketones is 1. The number of aromatic carboxylic acids is 1. The predicted molar refractivity (Wildman–Crippen MR) is 138 cm³/mol. The van der Waals surface area contributed by atoms with Crippen LogP contribution in [0.15, 0.2) is 39.5 Å². The number of aliphatic hydroxyl groups is 1. The Morgan fingerprint density at radius 1 is 0.973 bits per heavy atom. The Balaban J connectivity index is 0.00000481. The summed E-state index contributed by atoms with van der Waals surface area (Å²) in [6, 6.07) is 7.12. The maximum absolute atomic E-state index is 12.4. The monoisotopic (exact) mass is 521 g/mol. The van der Waals surface area contributed by atoms with Crippen LogP contribution in [0.2, 0.25) is 0 Å². The first-order chi connectivity index (χ1) is 17.2. The summed E-state index contributed by atoms with van der Waals surface area (Å²) in [6.07, 6.45) is 1.32. The number of Topliss-reactive ketones (excluding diaryl/α,β-unsaturated/α-hetero) is 1. The van der Waals surface area contributed by atoms with Crippen molar-refractivity contribution in [2.24, 2.45) is 0 Å². The fourth-order valence-corrected chi connectivity index (χ4v) is 3.93. The van der Waals surface area contributed by atoms with Crippen LogP contribution in [0.5, 0.6) is 17.2 Å². The van der Waals surface area contributed by atoms with Gasteiger partial charge in [-0.3, -0.25) is 9.59 Å². The molecule has 3 rings (SSSR count). The number of carboxylic acids is 1. The number of carboxylic acid groups (broad SMARTS) is 1. The van der Waals surface area contributed by atoms with E-state index in [2.05, 4.69) is 0 Å². The van der Waals surface area contributed by atoms with Gasteiger partial charge in [0.25, 0.3) is 0 Å². The first-order valence-electron chi connectivity index (χ1n) is 11.8. The second-order valence-corrected chi connectivity index (χ2v) is 8.47. The normalized spacial score (nSPS) is 11.6. The van der Waals surface area contributed by atoms with Crippen LogP contribution in [-0.4, -0.2) is 75.9 Å². The summed E-state index contributed by atoms with van der Waals surface area (Å²) < 4.78 is 17.0. The Hall–Kier alpha value is -2.85. The van der Waals surface area contributed by atoms with Gasteiger partial charge in [-0.1, -0.05) is 26.7 Å². The number of aliphatic hydroxyl groups excluding tert-OH is 1. The average molecular weight is 522 g/mol. The molecule has 0 aliphatic heterocycles. The van der Waals surface area contributed by atoms with Gasteiger partial charge in [0.1, 0.15) is 42.1 Å². The Kier molecular flexibility index (Phi) is 11.2. The standard InChI is InChI=1S/C27H30O9.Na/c1-4-6-19-22(10-8-17(15(3)28)25(19)31)34-13-16(29)14-35-23-11-9-18-21(30)12-24(27(32)33)36-26(18)20(23)7-5-2;/h8-12,16,29,31H,4-7,13-14H2,1-3H3,(H,32,33);. The molecular weight excluding hydrogens is 491 g/mol. The molecular formula is C27H30NaO9. The van der Waals surface area contributed by atoms with Crippen LogP contribution in [0.1, 0.15) is 65.7 Å². The van der Waals surface area contributed by atoms with E-state index in [4.69, 9.17) is 13.9 Å². The zero-order valence-corrected chi connectivity index (χ0v) is 23.5. The minimum absolute atomic E-state index is 0. The summed E-state index contributed by atoms with van der Waals surface area (Å²) in [4.78, 5) is 35.4. The first kappa shape index (κ1) is 30.4. The molecule has 0 amide bonds. The number of ether oxygens (including phenoxy) is 2. The van der Waals surface area contributed by atoms with Crippen LogP contribution in [-0.2, 0) is 12.8 Å². The van der Waals surface area contributed by atoms with Gasteiger partial charge in [0.15, 0.2) is 11.2 Å². The number of rotatable bonds is 12. The molecule has 1 unspecified atom stereocenters. The molecule has 0 saturated carbocycles. The van der Waals surface area contributed by atoms with Gasteiger partial charge in [-0.25, -0.2) is 4.79 Å². The number of carbonyl (C=O) groups is 2. The molecule has 1 aromatic heterocycles. The molecule has 0 fully saturated rings. The quantitative estimate of drug-likeness (QED) is 0.240. The van der Waals surface area contributed by atoms with E-state index < -0.39 is 23.3 Å². The maximum Gasteiger partial charge on any atom is 0.371 e. The second kappa shape index (κ2) is 13.6. The number of carbonyl (C=O) groups excluding carboxylic acids is 1. The Bertz CT molecular complexity index is 1330. The second-order valence-electron chi connectivity index (χ2n) is 8.47. The molecule has 0 aliphatic rings. The number of phenolic OH excluding ortho intramolecular Hbond substituents is 1. The fraction of sp³-hybridized carbons (Fsp3) is 0.370. The van der Waals surface area contributed by atoms with Crippen molar-refractivity contribution < 1.29 is 38.8 Å². The van der Waals surface area contributed by atoms with Gasteiger partial charge in [0.05, 0.1) is 10.9 Å². The van der Waals surface area contributed by atoms with E-state index in [-0.39, 0.29) is 70.8 Å². The van der Waals surface area contributed by atoms with Gasteiger partial charge >= 0.3 is 5.97 Å². The zero-order chi connectivity index (χ0) is 26.4. The minimum atomic E-state index is -1.35. The molecule has 3 aromatic rings. The number of hydrogen-bond donors (Lipinski definition) is 3. The number of benzene rings is 2.